The lowest BCUT2D eigenvalue weighted by atomic mass is 9.95. The summed E-state index contributed by atoms with van der Waals surface area (Å²) in [5, 5.41) is 3.02. The maximum absolute atomic E-state index is 12.9. The Morgan fingerprint density at radius 3 is 2.48 bits per heavy atom. The number of anilines is 1. The van der Waals surface area contributed by atoms with Gasteiger partial charge >= 0.3 is 0 Å². The van der Waals surface area contributed by atoms with E-state index in [4.69, 9.17) is 5.73 Å². The Hall–Kier alpha value is -2.26. The predicted octanol–water partition coefficient (Wildman–Crippen LogP) is 2.67. The van der Waals surface area contributed by atoms with E-state index in [1.807, 2.05) is 0 Å². The molecule has 1 aliphatic carbocycles. The first-order valence-corrected chi connectivity index (χ1v) is 11.0. The second-order valence-corrected chi connectivity index (χ2v) is 9.56. The molecule has 27 heavy (non-hydrogen) atoms. The van der Waals surface area contributed by atoms with Gasteiger partial charge in [-0.2, -0.15) is 0 Å². The first kappa shape index (κ1) is 19.5. The molecule has 144 valence electrons. The molecule has 0 saturated carbocycles. The quantitative estimate of drug-likeness (QED) is 0.714. The van der Waals surface area contributed by atoms with Crippen LogP contribution in [0.4, 0.5) is 9.39 Å². The minimum absolute atomic E-state index is 0.0406. The van der Waals surface area contributed by atoms with E-state index < -0.39 is 33.2 Å². The lowest BCUT2D eigenvalue weighted by Crippen LogP contribution is -2.20. The van der Waals surface area contributed by atoms with Crippen LogP contribution in [0.2, 0.25) is 0 Å². The average molecular weight is 410 g/mol. The van der Waals surface area contributed by atoms with Crippen LogP contribution in [0.1, 0.15) is 40.1 Å². The average Bonchev–Trinajstić information content (AvgIpc) is 2.98. The van der Waals surface area contributed by atoms with Gasteiger partial charge in [0.25, 0.3) is 5.91 Å². The molecule has 0 fully saturated rings. The highest BCUT2D eigenvalue weighted by molar-refractivity contribution is 7.91. The Labute approximate surface area is 160 Å². The summed E-state index contributed by atoms with van der Waals surface area (Å²) < 4.78 is 37.5. The number of primary amides is 1. The molecule has 3 N–H and O–H groups in total. The highest BCUT2D eigenvalue weighted by Crippen LogP contribution is 2.37. The van der Waals surface area contributed by atoms with Gasteiger partial charge in [-0.15, -0.1) is 11.3 Å². The number of amides is 2. The van der Waals surface area contributed by atoms with E-state index in [0.717, 1.165) is 48.3 Å². The standard InChI is InChI=1S/C18H19FN2O4S2/c19-11-5-7-12(8-6-11)27(24,25)10-9-15(22)21-18-16(17(20)23)13-3-1-2-4-14(13)26-18/h5-8H,1-4,9-10H2,(H2,20,23)(H,21,22). The maximum Gasteiger partial charge on any atom is 0.251 e. The third-order valence-corrected chi connectivity index (χ3v) is 7.38. The van der Waals surface area contributed by atoms with E-state index >= 15 is 0 Å². The summed E-state index contributed by atoms with van der Waals surface area (Å²) in [6.07, 6.45) is 3.30. The number of sulfone groups is 1. The van der Waals surface area contributed by atoms with Crippen molar-refractivity contribution in [3.05, 3.63) is 46.1 Å². The molecule has 6 nitrogen and oxygen atoms in total. The Morgan fingerprint density at radius 2 is 1.81 bits per heavy atom. The predicted molar refractivity (Wildman–Crippen MR) is 101 cm³/mol. The lowest BCUT2D eigenvalue weighted by molar-refractivity contribution is -0.115. The van der Waals surface area contributed by atoms with Crippen LogP contribution >= 0.6 is 11.3 Å². The zero-order chi connectivity index (χ0) is 19.6. The molecule has 2 aromatic rings. The van der Waals surface area contributed by atoms with Gasteiger partial charge in [0.15, 0.2) is 9.84 Å². The Bertz CT molecular complexity index is 982. The maximum atomic E-state index is 12.9. The lowest BCUT2D eigenvalue weighted by Gasteiger charge is -2.11. The number of halogens is 1. The van der Waals surface area contributed by atoms with Gasteiger partial charge in [-0.3, -0.25) is 9.59 Å². The molecule has 1 aliphatic rings. The summed E-state index contributed by atoms with van der Waals surface area (Å²) in [4.78, 5) is 25.1. The van der Waals surface area contributed by atoms with Crippen molar-refractivity contribution in [1.29, 1.82) is 0 Å². The van der Waals surface area contributed by atoms with Crippen LogP contribution in [0, 0.1) is 5.82 Å². The molecule has 9 heteroatoms. The van der Waals surface area contributed by atoms with E-state index in [1.54, 1.807) is 0 Å². The summed E-state index contributed by atoms with van der Waals surface area (Å²) >= 11 is 1.33. The fourth-order valence-corrected chi connectivity index (χ4v) is 5.64. The molecule has 1 aromatic heterocycles. The number of benzene rings is 1. The number of nitrogens with one attached hydrogen (secondary N) is 1. The second-order valence-electron chi connectivity index (χ2n) is 6.35. The minimum Gasteiger partial charge on any atom is -0.365 e. The van der Waals surface area contributed by atoms with Gasteiger partial charge in [-0.1, -0.05) is 0 Å². The highest BCUT2D eigenvalue weighted by Gasteiger charge is 2.25. The molecule has 0 bridgehead atoms. The number of rotatable bonds is 6. The molecule has 0 atom stereocenters. The first-order valence-electron chi connectivity index (χ1n) is 8.50. The number of thiophene rings is 1. The van der Waals surface area contributed by atoms with Crippen LogP contribution in [0.15, 0.2) is 29.2 Å². The summed E-state index contributed by atoms with van der Waals surface area (Å²) in [5.41, 5.74) is 6.71. The number of hydrogen-bond acceptors (Lipinski definition) is 5. The van der Waals surface area contributed by atoms with Crippen LogP contribution in [-0.4, -0.2) is 26.0 Å². The monoisotopic (exact) mass is 410 g/mol. The summed E-state index contributed by atoms with van der Waals surface area (Å²) in [6.45, 7) is 0. The topological polar surface area (TPSA) is 106 Å². The Morgan fingerprint density at radius 1 is 1.15 bits per heavy atom. The van der Waals surface area contributed by atoms with E-state index in [0.29, 0.717) is 10.6 Å². The van der Waals surface area contributed by atoms with Crippen LogP contribution < -0.4 is 11.1 Å². The molecular formula is C18H19FN2O4S2. The van der Waals surface area contributed by atoms with Gasteiger partial charge in [-0.25, -0.2) is 12.8 Å². The minimum atomic E-state index is -3.71. The number of aryl methyl sites for hydroxylation is 1. The molecular weight excluding hydrogens is 391 g/mol. The summed E-state index contributed by atoms with van der Waals surface area (Å²) in [7, 11) is -3.71. The fourth-order valence-electron chi connectivity index (χ4n) is 3.09. The van der Waals surface area contributed by atoms with Gasteiger partial charge in [0.1, 0.15) is 10.8 Å². The third-order valence-electron chi connectivity index (χ3n) is 4.44. The number of carbonyl (C=O) groups is 2. The number of hydrogen-bond donors (Lipinski definition) is 2. The van der Waals surface area contributed by atoms with Crippen LogP contribution in [0.25, 0.3) is 0 Å². The third kappa shape index (κ3) is 4.36. The molecule has 3 rings (SSSR count). The molecule has 0 aliphatic heterocycles. The van der Waals surface area contributed by atoms with Crippen molar-refractivity contribution < 1.29 is 22.4 Å². The zero-order valence-corrected chi connectivity index (χ0v) is 16.1. The highest BCUT2D eigenvalue weighted by atomic mass is 32.2. The normalized spacial score (nSPS) is 13.8. The van der Waals surface area contributed by atoms with Crippen molar-refractivity contribution in [3.63, 3.8) is 0 Å². The van der Waals surface area contributed by atoms with Crippen molar-refractivity contribution in [1.82, 2.24) is 0 Å². The summed E-state index contributed by atoms with van der Waals surface area (Å²) in [6, 6.07) is 4.45. The molecule has 0 radical (unpaired) electrons. The molecule has 0 saturated heterocycles. The number of fused-ring (bicyclic) bond motifs is 1. The van der Waals surface area contributed by atoms with Crippen molar-refractivity contribution in [2.45, 2.75) is 37.0 Å². The van der Waals surface area contributed by atoms with Crippen molar-refractivity contribution in [2.75, 3.05) is 11.1 Å². The molecule has 1 aromatic carbocycles. The van der Waals surface area contributed by atoms with Gasteiger partial charge < -0.3 is 11.1 Å². The van der Waals surface area contributed by atoms with Gasteiger partial charge in [0.2, 0.25) is 5.91 Å². The van der Waals surface area contributed by atoms with Gasteiger partial charge in [-0.05, 0) is 55.5 Å². The molecule has 2 amide bonds. The molecule has 0 unspecified atom stereocenters. The Balaban J connectivity index is 1.70. The van der Waals surface area contributed by atoms with Crippen LogP contribution in [-0.2, 0) is 27.5 Å². The van der Waals surface area contributed by atoms with E-state index in [-0.39, 0.29) is 11.3 Å². The van der Waals surface area contributed by atoms with Crippen molar-refractivity contribution in [2.24, 2.45) is 5.73 Å². The van der Waals surface area contributed by atoms with E-state index in [9.17, 15) is 22.4 Å². The smallest absolute Gasteiger partial charge is 0.251 e. The van der Waals surface area contributed by atoms with Gasteiger partial charge in [0.05, 0.1) is 16.2 Å². The fraction of sp³-hybridized carbons (Fsp3) is 0.333. The first-order chi connectivity index (χ1) is 12.8. The molecule has 1 heterocycles. The molecule has 0 spiro atoms. The zero-order valence-electron chi connectivity index (χ0n) is 14.5. The summed E-state index contributed by atoms with van der Waals surface area (Å²) in [5.74, 6) is -2.06. The van der Waals surface area contributed by atoms with E-state index in [1.165, 1.54) is 23.5 Å². The Kier molecular flexibility index (Phi) is 5.61. The van der Waals surface area contributed by atoms with Gasteiger partial charge in [0, 0.05) is 11.3 Å². The SMILES string of the molecule is NC(=O)c1c(NC(=O)CCS(=O)(=O)c2ccc(F)cc2)sc2c1CCCC2. The van der Waals surface area contributed by atoms with Crippen molar-refractivity contribution in [3.8, 4) is 0 Å². The van der Waals surface area contributed by atoms with Crippen LogP contribution in [0.3, 0.4) is 0 Å². The van der Waals surface area contributed by atoms with E-state index in [2.05, 4.69) is 5.32 Å². The second kappa shape index (κ2) is 7.77. The largest absolute Gasteiger partial charge is 0.365 e. The van der Waals surface area contributed by atoms with Crippen LogP contribution in [0.5, 0.6) is 0 Å². The van der Waals surface area contributed by atoms with Crippen molar-refractivity contribution >= 4 is 38.0 Å². The number of carbonyl (C=O) groups excluding carboxylic acids is 2. The number of nitrogens with two attached hydrogens (primary N) is 1.